The molecule has 0 aliphatic rings. The van der Waals surface area contributed by atoms with E-state index in [0.29, 0.717) is 26.4 Å². The summed E-state index contributed by atoms with van der Waals surface area (Å²) in [5, 5.41) is 1.18. The number of hydrogen-bond acceptors (Lipinski definition) is 3. The van der Waals surface area contributed by atoms with Crippen LogP contribution in [0.5, 0.6) is 5.75 Å². The van der Waals surface area contributed by atoms with Crippen molar-refractivity contribution in [3.63, 3.8) is 0 Å². The molecule has 0 atom stereocenters. The highest BCUT2D eigenvalue weighted by Gasteiger charge is 2.09. The van der Waals surface area contributed by atoms with Crippen molar-refractivity contribution in [3.8, 4) is 5.75 Å². The van der Waals surface area contributed by atoms with Crippen LogP contribution in [0.1, 0.15) is 10.4 Å². The molecule has 0 saturated carbocycles. The zero-order valence-corrected chi connectivity index (χ0v) is 11.8. The van der Waals surface area contributed by atoms with Gasteiger partial charge in [-0.15, -0.1) is 0 Å². The van der Waals surface area contributed by atoms with Crippen molar-refractivity contribution in [1.82, 2.24) is 4.98 Å². The van der Waals surface area contributed by atoms with E-state index in [1.165, 1.54) is 18.5 Å². The largest absolute Gasteiger partial charge is 0.484 e. The Morgan fingerprint density at radius 2 is 1.89 bits per heavy atom. The van der Waals surface area contributed by atoms with Crippen LogP contribution in [0.4, 0.5) is 0 Å². The van der Waals surface area contributed by atoms with Crippen LogP contribution in [0.2, 0.25) is 15.1 Å². The molecule has 0 spiro atoms. The van der Waals surface area contributed by atoms with E-state index in [4.69, 9.17) is 39.5 Å². The maximum absolute atomic E-state index is 11.9. The average molecular weight is 317 g/mol. The van der Waals surface area contributed by atoms with Crippen molar-refractivity contribution in [3.05, 3.63) is 57.3 Å². The third-order valence-corrected chi connectivity index (χ3v) is 3.24. The molecule has 19 heavy (non-hydrogen) atoms. The van der Waals surface area contributed by atoms with Gasteiger partial charge in [-0.25, -0.2) is 0 Å². The Bertz CT molecular complexity index is 617. The van der Waals surface area contributed by atoms with E-state index in [0.717, 1.165) is 0 Å². The van der Waals surface area contributed by atoms with Crippen molar-refractivity contribution >= 4 is 40.6 Å². The molecule has 6 heteroatoms. The van der Waals surface area contributed by atoms with Gasteiger partial charge in [0.05, 0.1) is 21.3 Å². The second kappa shape index (κ2) is 6.24. The first-order valence-electron chi connectivity index (χ1n) is 5.28. The van der Waals surface area contributed by atoms with Crippen LogP contribution in [0.15, 0.2) is 36.7 Å². The zero-order chi connectivity index (χ0) is 13.8. The Morgan fingerprint density at radius 1 is 1.11 bits per heavy atom. The fourth-order valence-electron chi connectivity index (χ4n) is 1.37. The fourth-order valence-corrected chi connectivity index (χ4v) is 1.84. The summed E-state index contributed by atoms with van der Waals surface area (Å²) in [5.74, 6) is 0.222. The number of benzene rings is 1. The number of aromatic nitrogens is 1. The standard InChI is InChI=1S/C13H8Cl3NO2/c14-9-4-10(6-17-5-9)19-7-13(18)8-1-2-11(15)12(16)3-8/h1-6H,7H2. The monoisotopic (exact) mass is 315 g/mol. The van der Waals surface area contributed by atoms with E-state index in [1.54, 1.807) is 18.2 Å². The van der Waals surface area contributed by atoms with Crippen LogP contribution in [0.25, 0.3) is 0 Å². The van der Waals surface area contributed by atoms with Crippen LogP contribution in [0.3, 0.4) is 0 Å². The molecule has 0 saturated heterocycles. The predicted octanol–water partition coefficient (Wildman–Crippen LogP) is 4.30. The molecule has 1 aromatic heterocycles. The molecule has 2 aromatic rings. The van der Waals surface area contributed by atoms with Crippen molar-refractivity contribution in [2.24, 2.45) is 0 Å². The van der Waals surface area contributed by atoms with E-state index < -0.39 is 0 Å². The topological polar surface area (TPSA) is 39.2 Å². The molecule has 0 amide bonds. The second-order valence-corrected chi connectivity index (χ2v) is 4.93. The van der Waals surface area contributed by atoms with Gasteiger partial charge in [0, 0.05) is 17.8 Å². The fraction of sp³-hybridized carbons (Fsp3) is 0.0769. The van der Waals surface area contributed by atoms with Gasteiger partial charge in [-0.3, -0.25) is 9.78 Å². The number of rotatable bonds is 4. The summed E-state index contributed by atoms with van der Waals surface area (Å²) in [5.41, 5.74) is 0.435. The molecule has 1 heterocycles. The predicted molar refractivity (Wildman–Crippen MR) is 75.5 cm³/mol. The normalized spacial score (nSPS) is 10.3. The molecule has 0 fully saturated rings. The van der Waals surface area contributed by atoms with Crippen molar-refractivity contribution in [1.29, 1.82) is 0 Å². The molecule has 0 unspecified atom stereocenters. The van der Waals surface area contributed by atoms with Crippen LogP contribution in [-0.4, -0.2) is 17.4 Å². The van der Waals surface area contributed by atoms with Crippen LogP contribution < -0.4 is 4.74 Å². The maximum atomic E-state index is 11.9. The molecular weight excluding hydrogens is 309 g/mol. The number of Topliss-reactive ketones (excluding diaryl/α,β-unsaturated/α-hetero) is 1. The van der Waals surface area contributed by atoms with Crippen molar-refractivity contribution in [2.75, 3.05) is 6.61 Å². The van der Waals surface area contributed by atoms with Crippen molar-refractivity contribution in [2.45, 2.75) is 0 Å². The minimum atomic E-state index is -0.210. The lowest BCUT2D eigenvalue weighted by Crippen LogP contribution is -2.11. The van der Waals surface area contributed by atoms with Crippen molar-refractivity contribution < 1.29 is 9.53 Å². The number of hydrogen-bond donors (Lipinski definition) is 0. The summed E-state index contributed by atoms with van der Waals surface area (Å²) >= 11 is 17.4. The highest BCUT2D eigenvalue weighted by atomic mass is 35.5. The van der Waals surface area contributed by atoms with E-state index >= 15 is 0 Å². The lowest BCUT2D eigenvalue weighted by atomic mass is 10.1. The summed E-state index contributed by atoms with van der Waals surface area (Å²) in [7, 11) is 0. The van der Waals surface area contributed by atoms with E-state index in [9.17, 15) is 4.79 Å². The summed E-state index contributed by atoms with van der Waals surface area (Å²) in [6.07, 6.45) is 2.96. The third kappa shape index (κ3) is 3.83. The Balaban J connectivity index is 2.03. The number of carbonyl (C=O) groups is 1. The zero-order valence-electron chi connectivity index (χ0n) is 9.57. The minimum Gasteiger partial charge on any atom is -0.484 e. The molecule has 2 rings (SSSR count). The molecule has 0 N–H and O–H groups in total. The minimum absolute atomic E-state index is 0.125. The molecule has 0 aliphatic carbocycles. The van der Waals surface area contributed by atoms with Gasteiger partial charge in [0.15, 0.2) is 12.4 Å². The molecule has 0 radical (unpaired) electrons. The van der Waals surface area contributed by atoms with Gasteiger partial charge in [-0.05, 0) is 18.2 Å². The number of pyridine rings is 1. The van der Waals surface area contributed by atoms with Gasteiger partial charge in [0.1, 0.15) is 5.75 Å². The number of halogens is 3. The summed E-state index contributed by atoms with van der Waals surface area (Å²) in [6.45, 7) is -0.125. The number of ether oxygens (including phenoxy) is 1. The smallest absolute Gasteiger partial charge is 0.200 e. The Hall–Kier alpha value is -1.29. The van der Waals surface area contributed by atoms with Gasteiger partial charge in [-0.1, -0.05) is 34.8 Å². The van der Waals surface area contributed by atoms with E-state index in [-0.39, 0.29) is 12.4 Å². The molecular formula is C13H8Cl3NO2. The van der Waals surface area contributed by atoms with E-state index in [2.05, 4.69) is 4.98 Å². The molecule has 98 valence electrons. The first kappa shape index (κ1) is 14.1. The first-order valence-corrected chi connectivity index (χ1v) is 6.41. The quantitative estimate of drug-likeness (QED) is 0.789. The van der Waals surface area contributed by atoms with Gasteiger partial charge in [-0.2, -0.15) is 0 Å². The SMILES string of the molecule is O=C(COc1cncc(Cl)c1)c1ccc(Cl)c(Cl)c1. The van der Waals surface area contributed by atoms with E-state index in [1.807, 2.05) is 0 Å². The van der Waals surface area contributed by atoms with Gasteiger partial charge in [0.2, 0.25) is 0 Å². The molecule has 0 bridgehead atoms. The number of ketones is 1. The van der Waals surface area contributed by atoms with Crippen LogP contribution in [0, 0.1) is 0 Å². The third-order valence-electron chi connectivity index (χ3n) is 2.29. The average Bonchev–Trinajstić information content (AvgIpc) is 2.39. The Morgan fingerprint density at radius 3 is 2.58 bits per heavy atom. The second-order valence-electron chi connectivity index (χ2n) is 3.68. The molecule has 1 aromatic carbocycles. The molecule has 0 aliphatic heterocycles. The number of nitrogens with zero attached hydrogens (tertiary/aromatic N) is 1. The maximum Gasteiger partial charge on any atom is 0.200 e. The Labute approximate surface area is 125 Å². The lowest BCUT2D eigenvalue weighted by Gasteiger charge is -2.06. The van der Waals surface area contributed by atoms with Gasteiger partial charge >= 0.3 is 0 Å². The summed E-state index contributed by atoms with van der Waals surface area (Å²) < 4.78 is 5.30. The van der Waals surface area contributed by atoms with Gasteiger partial charge in [0.25, 0.3) is 0 Å². The first-order chi connectivity index (χ1) is 9.06. The number of carbonyl (C=O) groups excluding carboxylic acids is 1. The van der Waals surface area contributed by atoms with Crippen LogP contribution in [-0.2, 0) is 0 Å². The summed E-state index contributed by atoms with van der Waals surface area (Å²) in [4.78, 5) is 15.7. The lowest BCUT2D eigenvalue weighted by molar-refractivity contribution is 0.0921. The Kier molecular flexibility index (Phi) is 4.64. The van der Waals surface area contributed by atoms with Crippen LogP contribution >= 0.6 is 34.8 Å². The summed E-state index contributed by atoms with van der Waals surface area (Å²) in [6, 6.07) is 6.25. The highest BCUT2D eigenvalue weighted by Crippen LogP contribution is 2.23. The highest BCUT2D eigenvalue weighted by molar-refractivity contribution is 6.42. The van der Waals surface area contributed by atoms with Gasteiger partial charge < -0.3 is 4.74 Å². The molecule has 3 nitrogen and oxygen atoms in total.